The van der Waals surface area contributed by atoms with E-state index < -0.39 is 5.60 Å². The molecule has 2 rings (SSSR count). The van der Waals surface area contributed by atoms with E-state index in [4.69, 9.17) is 9.47 Å². The number of aromatic nitrogens is 2. The van der Waals surface area contributed by atoms with Gasteiger partial charge < -0.3 is 9.47 Å². The highest BCUT2D eigenvalue weighted by Gasteiger charge is 2.24. The minimum absolute atomic E-state index is 0.373. The van der Waals surface area contributed by atoms with Gasteiger partial charge in [0, 0.05) is 11.6 Å². The summed E-state index contributed by atoms with van der Waals surface area (Å²) < 4.78 is 10.7. The number of rotatable bonds is 3. The zero-order chi connectivity index (χ0) is 13.3. The van der Waals surface area contributed by atoms with Crippen LogP contribution in [0.4, 0.5) is 0 Å². The summed E-state index contributed by atoms with van der Waals surface area (Å²) in [4.78, 5) is 12.0. The van der Waals surface area contributed by atoms with Crippen molar-refractivity contribution in [3.05, 3.63) is 17.8 Å². The maximum atomic E-state index is 12.0. The summed E-state index contributed by atoms with van der Waals surface area (Å²) in [5.74, 6) is 0.375. The number of fused-ring (bicyclic) bond motifs is 1. The monoisotopic (exact) mass is 250 g/mol. The van der Waals surface area contributed by atoms with E-state index in [-0.39, 0.29) is 5.97 Å². The molecule has 0 amide bonds. The van der Waals surface area contributed by atoms with Gasteiger partial charge in [-0.15, -0.1) is 0 Å². The molecule has 1 heterocycles. The Kier molecular flexibility index (Phi) is 3.07. The quantitative estimate of drug-likeness (QED) is 0.823. The van der Waals surface area contributed by atoms with E-state index >= 15 is 0 Å². The second-order valence-corrected chi connectivity index (χ2v) is 5.08. The highest BCUT2D eigenvalue weighted by molar-refractivity contribution is 5.96. The highest BCUT2D eigenvalue weighted by atomic mass is 16.6. The van der Waals surface area contributed by atoms with Crippen molar-refractivity contribution >= 4 is 5.97 Å². The van der Waals surface area contributed by atoms with Crippen LogP contribution in [0.15, 0.2) is 12.1 Å². The van der Waals surface area contributed by atoms with Crippen molar-refractivity contribution < 1.29 is 14.3 Å². The zero-order valence-electron chi connectivity index (χ0n) is 11.1. The Morgan fingerprint density at radius 1 is 1.28 bits per heavy atom. The van der Waals surface area contributed by atoms with Crippen LogP contribution in [0.3, 0.4) is 0 Å². The summed E-state index contributed by atoms with van der Waals surface area (Å²) >= 11 is 0. The highest BCUT2D eigenvalue weighted by Crippen LogP contribution is 2.32. The van der Waals surface area contributed by atoms with E-state index in [1.165, 1.54) is 0 Å². The molecule has 2 aliphatic rings. The molecule has 0 radical (unpaired) electrons. The first-order valence-corrected chi connectivity index (χ1v) is 5.97. The van der Waals surface area contributed by atoms with Gasteiger partial charge in [-0.2, -0.15) is 0 Å². The molecule has 0 aromatic carbocycles. The fourth-order valence-electron chi connectivity index (χ4n) is 1.73. The van der Waals surface area contributed by atoms with E-state index in [1.807, 2.05) is 39.8 Å². The molecule has 5 heteroatoms. The van der Waals surface area contributed by atoms with E-state index in [1.54, 1.807) is 0 Å². The molecule has 0 saturated heterocycles. The molecule has 2 N–H and O–H groups in total. The average molecular weight is 250 g/mol. The Morgan fingerprint density at radius 3 is 2.61 bits per heavy atom. The van der Waals surface area contributed by atoms with Crippen molar-refractivity contribution in [2.24, 2.45) is 0 Å². The number of aromatic amines is 2. The van der Waals surface area contributed by atoms with Crippen LogP contribution in [0.5, 0.6) is 5.75 Å². The van der Waals surface area contributed by atoms with Crippen molar-refractivity contribution in [1.29, 1.82) is 0 Å². The number of carbonyl (C=O) groups is 1. The Balaban J connectivity index is 2.26. The predicted octanol–water partition coefficient (Wildman–Crippen LogP) is 2.80. The fraction of sp³-hybridized carbons (Fsp3) is 0.462. The predicted molar refractivity (Wildman–Crippen MR) is 68.1 cm³/mol. The summed E-state index contributed by atoms with van der Waals surface area (Å²) in [5, 5.41) is 5.76. The first kappa shape index (κ1) is 12.5. The normalized spacial score (nSPS) is 11.8. The molecule has 5 nitrogen and oxygen atoms in total. The molecule has 0 spiro atoms. The molecule has 0 aromatic rings. The summed E-state index contributed by atoms with van der Waals surface area (Å²) in [5.41, 5.74) is 1.53. The van der Waals surface area contributed by atoms with Crippen LogP contribution >= 0.6 is 0 Å². The maximum Gasteiger partial charge on any atom is 0.357 e. The van der Waals surface area contributed by atoms with E-state index in [9.17, 15) is 4.79 Å². The summed E-state index contributed by atoms with van der Waals surface area (Å²) in [6.45, 7) is 8.03. The summed E-state index contributed by atoms with van der Waals surface area (Å²) in [6.07, 6.45) is 0. The van der Waals surface area contributed by atoms with Crippen LogP contribution in [-0.4, -0.2) is 28.4 Å². The third kappa shape index (κ3) is 2.50. The van der Waals surface area contributed by atoms with Gasteiger partial charge in [0.1, 0.15) is 17.0 Å². The Labute approximate surface area is 106 Å². The van der Waals surface area contributed by atoms with Crippen LogP contribution in [0.2, 0.25) is 0 Å². The number of nitrogens with one attached hydrogen (secondary N) is 2. The minimum atomic E-state index is -0.510. The van der Waals surface area contributed by atoms with Gasteiger partial charge >= 0.3 is 5.97 Å². The molecule has 0 atom stereocenters. The topological polar surface area (TPSA) is 67.1 Å². The molecule has 0 bridgehead atoms. The van der Waals surface area contributed by atoms with Crippen LogP contribution in [-0.2, 0) is 4.74 Å². The molecule has 1 aliphatic heterocycles. The van der Waals surface area contributed by atoms with Gasteiger partial charge in [-0.3, -0.25) is 10.2 Å². The van der Waals surface area contributed by atoms with E-state index in [0.29, 0.717) is 12.3 Å². The number of ether oxygens (including phenoxy) is 2. The smallest absolute Gasteiger partial charge is 0.357 e. The lowest BCUT2D eigenvalue weighted by molar-refractivity contribution is 0.00639. The van der Waals surface area contributed by atoms with Crippen molar-refractivity contribution in [3.63, 3.8) is 0 Å². The molecule has 98 valence electrons. The summed E-state index contributed by atoms with van der Waals surface area (Å²) in [7, 11) is 0. The number of hydrogen-bond acceptors (Lipinski definition) is 3. The molecule has 0 saturated carbocycles. The van der Waals surface area contributed by atoms with Crippen LogP contribution in [0.1, 0.15) is 38.2 Å². The molecule has 0 aromatic heterocycles. The van der Waals surface area contributed by atoms with Crippen LogP contribution in [0, 0.1) is 0 Å². The Bertz CT molecular complexity index is 519. The van der Waals surface area contributed by atoms with Crippen LogP contribution in [0.25, 0.3) is 11.3 Å². The molecular formula is C13H18N2O3. The van der Waals surface area contributed by atoms with Gasteiger partial charge in [-0.1, -0.05) is 0 Å². The van der Waals surface area contributed by atoms with Crippen LogP contribution < -0.4 is 4.74 Å². The number of hydrogen-bond donors (Lipinski definition) is 2. The largest absolute Gasteiger partial charge is 0.494 e. The zero-order valence-corrected chi connectivity index (χ0v) is 11.1. The first-order chi connectivity index (χ1) is 8.40. The van der Waals surface area contributed by atoms with Gasteiger partial charge in [-0.25, -0.2) is 4.79 Å². The molecule has 0 fully saturated rings. The standard InChI is InChI=1S/C13H18N2O3/c1-5-17-8-6-9-10(7-8)14-15-11(9)12(16)18-13(2,3)4/h6-7,14-15H,5H2,1-4H3. The third-order valence-corrected chi connectivity index (χ3v) is 2.37. The third-order valence-electron chi connectivity index (χ3n) is 2.37. The van der Waals surface area contributed by atoms with Gasteiger partial charge in [0.25, 0.3) is 0 Å². The Morgan fingerprint density at radius 2 is 2.00 bits per heavy atom. The second kappa shape index (κ2) is 4.40. The lowest BCUT2D eigenvalue weighted by atomic mass is 10.2. The Hall–Kier alpha value is -1.91. The molecule has 0 unspecified atom stereocenters. The van der Waals surface area contributed by atoms with Crippen molar-refractivity contribution in [2.45, 2.75) is 33.3 Å². The number of carbonyl (C=O) groups excluding carboxylic acids is 1. The van der Waals surface area contributed by atoms with E-state index in [2.05, 4.69) is 10.2 Å². The average Bonchev–Trinajstić information content (AvgIpc) is 2.73. The molecule has 18 heavy (non-hydrogen) atoms. The van der Waals surface area contributed by atoms with Gasteiger partial charge in [0.05, 0.1) is 12.3 Å². The second-order valence-electron chi connectivity index (χ2n) is 5.08. The van der Waals surface area contributed by atoms with Crippen molar-refractivity contribution in [3.8, 4) is 17.0 Å². The summed E-state index contributed by atoms with van der Waals surface area (Å²) in [6, 6.07) is 3.67. The lowest BCUT2D eigenvalue weighted by Crippen LogP contribution is -2.24. The molecular weight excluding hydrogens is 232 g/mol. The molecule has 1 aliphatic carbocycles. The number of esters is 1. The van der Waals surface area contributed by atoms with Crippen molar-refractivity contribution in [2.75, 3.05) is 6.61 Å². The van der Waals surface area contributed by atoms with Gasteiger partial charge in [0.15, 0.2) is 0 Å². The van der Waals surface area contributed by atoms with E-state index in [0.717, 1.165) is 17.0 Å². The lowest BCUT2D eigenvalue weighted by Gasteiger charge is -2.18. The minimum Gasteiger partial charge on any atom is -0.494 e. The van der Waals surface area contributed by atoms with Gasteiger partial charge in [-0.05, 0) is 33.8 Å². The van der Waals surface area contributed by atoms with Gasteiger partial charge in [0.2, 0.25) is 0 Å². The maximum absolute atomic E-state index is 12.0. The van der Waals surface area contributed by atoms with Crippen molar-refractivity contribution in [1.82, 2.24) is 10.2 Å². The first-order valence-electron chi connectivity index (χ1n) is 5.97. The SMILES string of the molecule is CCOc1cc2[nH][nH]c(C(=O)OC(C)(C)C)c-2c1. The fourth-order valence-corrected chi connectivity index (χ4v) is 1.73. The number of H-pyrrole nitrogens is 2.